The first kappa shape index (κ1) is 12.5. The van der Waals surface area contributed by atoms with Crippen LogP contribution in [0.5, 0.6) is 0 Å². The number of rotatable bonds is 5. The minimum absolute atomic E-state index is 0.0521. The maximum absolute atomic E-state index is 10.6. The summed E-state index contributed by atoms with van der Waals surface area (Å²) < 4.78 is 0. The second-order valence-electron chi connectivity index (χ2n) is 3.81. The van der Waals surface area contributed by atoms with Gasteiger partial charge < -0.3 is 10.4 Å². The third kappa shape index (κ3) is 4.28. The molecule has 2 N–H and O–H groups in total. The fourth-order valence-electron chi connectivity index (χ4n) is 1.38. The predicted molar refractivity (Wildman–Crippen MR) is 64.1 cm³/mol. The molecule has 0 aromatic heterocycles. The number of carbonyl (C=O) groups is 1. The van der Waals surface area contributed by atoms with Crippen LogP contribution >= 0.6 is 0 Å². The van der Waals surface area contributed by atoms with Gasteiger partial charge >= 0.3 is 5.97 Å². The van der Waals surface area contributed by atoms with E-state index in [0.29, 0.717) is 5.57 Å². The molecule has 0 spiro atoms. The maximum atomic E-state index is 10.6. The van der Waals surface area contributed by atoms with Crippen molar-refractivity contribution in [2.24, 2.45) is 0 Å². The van der Waals surface area contributed by atoms with Crippen molar-refractivity contribution < 1.29 is 9.90 Å². The number of aliphatic carboxylic acids is 1. The Labute approximate surface area is 95.8 Å². The highest BCUT2D eigenvalue weighted by atomic mass is 16.4. The summed E-state index contributed by atoms with van der Waals surface area (Å²) in [6, 6.07) is 10.1. The SMILES string of the molecule is CC(=CC(C)NCc1ccccc1)C(=O)O. The average Bonchev–Trinajstić information content (AvgIpc) is 2.27. The van der Waals surface area contributed by atoms with Gasteiger partial charge in [0.05, 0.1) is 0 Å². The molecule has 0 bridgehead atoms. The Morgan fingerprint density at radius 1 is 1.44 bits per heavy atom. The van der Waals surface area contributed by atoms with Crippen LogP contribution in [-0.2, 0) is 11.3 Å². The monoisotopic (exact) mass is 219 g/mol. The Bertz CT molecular complexity index is 371. The number of hydrogen-bond acceptors (Lipinski definition) is 2. The van der Waals surface area contributed by atoms with Crippen LogP contribution in [-0.4, -0.2) is 17.1 Å². The van der Waals surface area contributed by atoms with E-state index in [1.54, 1.807) is 13.0 Å². The maximum Gasteiger partial charge on any atom is 0.331 e. The molecule has 3 heteroatoms. The van der Waals surface area contributed by atoms with Gasteiger partial charge in [0.1, 0.15) is 0 Å². The van der Waals surface area contributed by atoms with Crippen molar-refractivity contribution in [3.63, 3.8) is 0 Å². The first-order chi connectivity index (χ1) is 7.59. The zero-order valence-electron chi connectivity index (χ0n) is 9.60. The number of carboxylic acid groups (broad SMARTS) is 1. The summed E-state index contributed by atoms with van der Waals surface area (Å²) in [6.45, 7) is 4.28. The van der Waals surface area contributed by atoms with Gasteiger partial charge in [-0.05, 0) is 19.4 Å². The normalized spacial score (nSPS) is 13.5. The number of hydrogen-bond donors (Lipinski definition) is 2. The van der Waals surface area contributed by atoms with Crippen molar-refractivity contribution in [3.05, 3.63) is 47.5 Å². The molecular formula is C13H17NO2. The molecule has 0 saturated heterocycles. The molecule has 1 unspecified atom stereocenters. The average molecular weight is 219 g/mol. The molecule has 0 radical (unpaired) electrons. The first-order valence-corrected chi connectivity index (χ1v) is 5.28. The Hall–Kier alpha value is -1.61. The topological polar surface area (TPSA) is 49.3 Å². The summed E-state index contributed by atoms with van der Waals surface area (Å²) in [5.41, 5.74) is 1.56. The van der Waals surface area contributed by atoms with Crippen LogP contribution in [0.4, 0.5) is 0 Å². The summed E-state index contributed by atoms with van der Waals surface area (Å²) in [5, 5.41) is 12.0. The zero-order valence-corrected chi connectivity index (χ0v) is 9.60. The summed E-state index contributed by atoms with van der Waals surface area (Å²) in [5.74, 6) is -0.867. The Kier molecular flexibility index (Phi) is 4.73. The van der Waals surface area contributed by atoms with Crippen LogP contribution in [0.3, 0.4) is 0 Å². The lowest BCUT2D eigenvalue weighted by Crippen LogP contribution is -2.24. The van der Waals surface area contributed by atoms with E-state index in [0.717, 1.165) is 6.54 Å². The molecule has 1 aromatic carbocycles. The molecule has 0 amide bonds. The largest absolute Gasteiger partial charge is 0.478 e. The molecule has 86 valence electrons. The Balaban J connectivity index is 2.45. The van der Waals surface area contributed by atoms with Gasteiger partial charge in [-0.2, -0.15) is 0 Å². The molecule has 16 heavy (non-hydrogen) atoms. The standard InChI is InChI=1S/C13H17NO2/c1-10(13(15)16)8-11(2)14-9-12-6-4-3-5-7-12/h3-8,11,14H,9H2,1-2H3,(H,15,16). The summed E-state index contributed by atoms with van der Waals surface area (Å²) in [4.78, 5) is 10.6. The van der Waals surface area contributed by atoms with E-state index < -0.39 is 5.97 Å². The van der Waals surface area contributed by atoms with Crippen LogP contribution in [0, 0.1) is 0 Å². The van der Waals surface area contributed by atoms with Crippen molar-refractivity contribution in [1.29, 1.82) is 0 Å². The van der Waals surface area contributed by atoms with E-state index in [1.807, 2.05) is 37.3 Å². The second-order valence-corrected chi connectivity index (χ2v) is 3.81. The van der Waals surface area contributed by atoms with Crippen molar-refractivity contribution >= 4 is 5.97 Å². The van der Waals surface area contributed by atoms with E-state index in [2.05, 4.69) is 5.32 Å². The number of benzene rings is 1. The van der Waals surface area contributed by atoms with Gasteiger partial charge in [0.25, 0.3) is 0 Å². The van der Waals surface area contributed by atoms with Gasteiger partial charge in [-0.1, -0.05) is 36.4 Å². The minimum Gasteiger partial charge on any atom is -0.478 e. The number of nitrogens with one attached hydrogen (secondary N) is 1. The smallest absolute Gasteiger partial charge is 0.331 e. The van der Waals surface area contributed by atoms with Crippen molar-refractivity contribution in [1.82, 2.24) is 5.32 Å². The molecule has 0 aliphatic carbocycles. The molecule has 1 atom stereocenters. The van der Waals surface area contributed by atoms with Crippen molar-refractivity contribution in [3.8, 4) is 0 Å². The quantitative estimate of drug-likeness (QED) is 0.746. The van der Waals surface area contributed by atoms with Gasteiger partial charge in [-0.25, -0.2) is 4.79 Å². The third-order valence-corrected chi connectivity index (χ3v) is 2.31. The van der Waals surface area contributed by atoms with E-state index in [9.17, 15) is 4.79 Å². The van der Waals surface area contributed by atoms with Gasteiger partial charge in [-0.3, -0.25) is 0 Å². The molecule has 0 fully saturated rings. The predicted octanol–water partition coefficient (Wildman–Crippen LogP) is 2.20. The van der Waals surface area contributed by atoms with Gasteiger partial charge in [-0.15, -0.1) is 0 Å². The first-order valence-electron chi connectivity index (χ1n) is 5.28. The fraction of sp³-hybridized carbons (Fsp3) is 0.308. The lowest BCUT2D eigenvalue weighted by Gasteiger charge is -2.10. The van der Waals surface area contributed by atoms with E-state index in [4.69, 9.17) is 5.11 Å². The Morgan fingerprint density at radius 3 is 2.62 bits per heavy atom. The van der Waals surface area contributed by atoms with Crippen molar-refractivity contribution in [2.45, 2.75) is 26.4 Å². The van der Waals surface area contributed by atoms with E-state index >= 15 is 0 Å². The molecule has 3 nitrogen and oxygen atoms in total. The highest BCUT2D eigenvalue weighted by molar-refractivity contribution is 5.85. The molecule has 1 aromatic rings. The minimum atomic E-state index is -0.867. The third-order valence-electron chi connectivity index (χ3n) is 2.31. The van der Waals surface area contributed by atoms with Gasteiger partial charge in [0.15, 0.2) is 0 Å². The highest BCUT2D eigenvalue weighted by Gasteiger charge is 2.03. The van der Waals surface area contributed by atoms with Crippen LogP contribution in [0.1, 0.15) is 19.4 Å². The molecular weight excluding hydrogens is 202 g/mol. The van der Waals surface area contributed by atoms with Crippen molar-refractivity contribution in [2.75, 3.05) is 0 Å². The van der Waals surface area contributed by atoms with Crippen LogP contribution < -0.4 is 5.32 Å². The van der Waals surface area contributed by atoms with Crippen LogP contribution in [0.2, 0.25) is 0 Å². The Morgan fingerprint density at radius 2 is 2.06 bits per heavy atom. The molecule has 0 aliphatic rings. The van der Waals surface area contributed by atoms with Crippen LogP contribution in [0.15, 0.2) is 42.0 Å². The summed E-state index contributed by atoms with van der Waals surface area (Å²) in [7, 11) is 0. The lowest BCUT2D eigenvalue weighted by atomic mass is 10.2. The number of carboxylic acids is 1. The zero-order chi connectivity index (χ0) is 12.0. The van der Waals surface area contributed by atoms with Gasteiger partial charge in [0, 0.05) is 18.2 Å². The van der Waals surface area contributed by atoms with E-state index in [-0.39, 0.29) is 6.04 Å². The summed E-state index contributed by atoms with van der Waals surface area (Å²) in [6.07, 6.45) is 1.71. The lowest BCUT2D eigenvalue weighted by molar-refractivity contribution is -0.132. The van der Waals surface area contributed by atoms with E-state index in [1.165, 1.54) is 5.56 Å². The molecule has 0 saturated carbocycles. The second kappa shape index (κ2) is 6.08. The summed E-state index contributed by atoms with van der Waals surface area (Å²) >= 11 is 0. The molecule has 0 heterocycles. The van der Waals surface area contributed by atoms with Crippen LogP contribution in [0.25, 0.3) is 0 Å². The fourth-order valence-corrected chi connectivity index (χ4v) is 1.38. The highest BCUT2D eigenvalue weighted by Crippen LogP contribution is 2.00. The van der Waals surface area contributed by atoms with Gasteiger partial charge in [0.2, 0.25) is 0 Å². The molecule has 1 rings (SSSR count). The molecule has 0 aliphatic heterocycles.